The van der Waals surface area contributed by atoms with Gasteiger partial charge in [0.15, 0.2) is 0 Å². The van der Waals surface area contributed by atoms with Gasteiger partial charge in [-0.05, 0) is 78.5 Å². The zero-order chi connectivity index (χ0) is 15.7. The molecule has 110 valence electrons. The standard InChI is InChI=1S/C24H14/c1-2-6-16-13-22-19(11-15(16)5-1)14-23-20-8-4-3-7-17(20)12-18-9-10-21(22)24(18)23/h1-14H. The summed E-state index contributed by atoms with van der Waals surface area (Å²) in [6, 6.07) is 26.7. The van der Waals surface area contributed by atoms with E-state index in [1.807, 2.05) is 0 Å². The molecule has 1 aliphatic carbocycles. The summed E-state index contributed by atoms with van der Waals surface area (Å²) in [5, 5.41) is 10.7. The van der Waals surface area contributed by atoms with Crippen LogP contribution in [0, 0.1) is 0 Å². The zero-order valence-corrected chi connectivity index (χ0v) is 13.1. The summed E-state index contributed by atoms with van der Waals surface area (Å²) in [6.07, 6.45) is 4.55. The minimum absolute atomic E-state index is 1.30. The van der Waals surface area contributed by atoms with Crippen molar-refractivity contribution < 1.29 is 0 Å². The predicted molar refractivity (Wildman–Crippen MR) is 105 cm³/mol. The normalized spacial score (nSPS) is 12.8. The van der Waals surface area contributed by atoms with E-state index in [-0.39, 0.29) is 0 Å². The highest BCUT2D eigenvalue weighted by molar-refractivity contribution is 6.23. The first-order chi connectivity index (χ1) is 11.9. The number of rotatable bonds is 0. The van der Waals surface area contributed by atoms with Crippen LogP contribution in [0.4, 0.5) is 0 Å². The fourth-order valence-electron chi connectivity index (χ4n) is 4.23. The Morgan fingerprint density at radius 2 is 1.17 bits per heavy atom. The third kappa shape index (κ3) is 1.48. The van der Waals surface area contributed by atoms with Gasteiger partial charge in [-0.1, -0.05) is 60.7 Å². The van der Waals surface area contributed by atoms with Gasteiger partial charge in [-0.3, -0.25) is 0 Å². The summed E-state index contributed by atoms with van der Waals surface area (Å²) in [7, 11) is 0. The molecule has 0 fully saturated rings. The van der Waals surface area contributed by atoms with Crippen molar-refractivity contribution >= 4 is 55.2 Å². The first-order valence-electron chi connectivity index (χ1n) is 8.37. The predicted octanol–water partition coefficient (Wildman–Crippen LogP) is 6.78. The summed E-state index contributed by atoms with van der Waals surface area (Å²) in [5.74, 6) is 0. The Kier molecular flexibility index (Phi) is 2.18. The summed E-state index contributed by atoms with van der Waals surface area (Å²) in [6.45, 7) is 0. The van der Waals surface area contributed by atoms with Crippen molar-refractivity contribution in [2.45, 2.75) is 0 Å². The second-order valence-corrected chi connectivity index (χ2v) is 6.65. The Hall–Kier alpha value is -3.12. The van der Waals surface area contributed by atoms with Crippen molar-refractivity contribution in [2.75, 3.05) is 0 Å². The molecule has 0 heteroatoms. The molecule has 6 rings (SSSR count). The van der Waals surface area contributed by atoms with E-state index in [1.165, 1.54) is 54.2 Å². The Morgan fingerprint density at radius 1 is 0.458 bits per heavy atom. The molecule has 0 radical (unpaired) electrons. The summed E-state index contributed by atoms with van der Waals surface area (Å²) < 4.78 is 0. The first-order valence-corrected chi connectivity index (χ1v) is 8.37. The van der Waals surface area contributed by atoms with Gasteiger partial charge < -0.3 is 0 Å². The fourth-order valence-corrected chi connectivity index (χ4v) is 4.23. The van der Waals surface area contributed by atoms with Crippen LogP contribution >= 0.6 is 0 Å². The van der Waals surface area contributed by atoms with Crippen molar-refractivity contribution in [1.29, 1.82) is 0 Å². The molecule has 0 unspecified atom stereocenters. The van der Waals surface area contributed by atoms with Crippen LogP contribution in [0.25, 0.3) is 55.2 Å². The third-order valence-corrected chi connectivity index (χ3v) is 5.33. The van der Waals surface area contributed by atoms with Gasteiger partial charge in [0.05, 0.1) is 0 Å². The maximum Gasteiger partial charge on any atom is -0.00259 e. The van der Waals surface area contributed by atoms with Crippen molar-refractivity contribution in [3.05, 3.63) is 83.9 Å². The molecule has 0 aromatic heterocycles. The molecule has 0 bridgehead atoms. The first kappa shape index (κ1) is 12.3. The van der Waals surface area contributed by atoms with Gasteiger partial charge in [0, 0.05) is 0 Å². The molecule has 5 aromatic rings. The Balaban J connectivity index is 1.92. The van der Waals surface area contributed by atoms with E-state index < -0.39 is 0 Å². The smallest absolute Gasteiger partial charge is 0.00259 e. The third-order valence-electron chi connectivity index (χ3n) is 5.33. The average molecular weight is 302 g/mol. The van der Waals surface area contributed by atoms with E-state index in [1.54, 1.807) is 0 Å². The average Bonchev–Trinajstić information content (AvgIpc) is 3.05. The molecule has 1 aliphatic rings. The van der Waals surface area contributed by atoms with Gasteiger partial charge in [0.1, 0.15) is 0 Å². The van der Waals surface area contributed by atoms with Crippen LogP contribution in [-0.4, -0.2) is 0 Å². The highest BCUT2D eigenvalue weighted by atomic mass is 14.2. The molecule has 0 heterocycles. The van der Waals surface area contributed by atoms with E-state index in [0.29, 0.717) is 0 Å². The van der Waals surface area contributed by atoms with Crippen molar-refractivity contribution in [1.82, 2.24) is 0 Å². The topological polar surface area (TPSA) is 0 Å². The molecule has 0 nitrogen and oxygen atoms in total. The fraction of sp³-hybridized carbons (Fsp3) is 0. The van der Waals surface area contributed by atoms with Crippen LogP contribution < -0.4 is 0 Å². The quantitative estimate of drug-likeness (QED) is 0.214. The van der Waals surface area contributed by atoms with Crippen molar-refractivity contribution in [2.24, 2.45) is 0 Å². The highest BCUT2D eigenvalue weighted by Crippen LogP contribution is 2.41. The van der Waals surface area contributed by atoms with Crippen LogP contribution in [-0.2, 0) is 0 Å². The van der Waals surface area contributed by atoms with E-state index in [9.17, 15) is 0 Å². The lowest BCUT2D eigenvalue weighted by Crippen LogP contribution is -1.86. The SMILES string of the molecule is C1=Cc2c3cc4ccccc4cc3cc3c2c1cc1ccccc13. The van der Waals surface area contributed by atoms with Gasteiger partial charge in [0.25, 0.3) is 0 Å². The van der Waals surface area contributed by atoms with Crippen LogP contribution in [0.2, 0.25) is 0 Å². The Morgan fingerprint density at radius 3 is 2.04 bits per heavy atom. The van der Waals surface area contributed by atoms with Gasteiger partial charge >= 0.3 is 0 Å². The lowest BCUT2D eigenvalue weighted by molar-refractivity contribution is 1.76. The molecule has 0 aliphatic heterocycles. The molecule has 0 atom stereocenters. The molecule has 0 spiro atoms. The number of benzene rings is 5. The van der Waals surface area contributed by atoms with Crippen molar-refractivity contribution in [3.63, 3.8) is 0 Å². The van der Waals surface area contributed by atoms with Gasteiger partial charge in [-0.25, -0.2) is 0 Å². The minimum Gasteiger partial charge on any atom is -0.0616 e. The van der Waals surface area contributed by atoms with Crippen LogP contribution in [0.3, 0.4) is 0 Å². The molecule has 0 saturated heterocycles. The second kappa shape index (κ2) is 4.24. The molecule has 0 amide bonds. The van der Waals surface area contributed by atoms with E-state index >= 15 is 0 Å². The van der Waals surface area contributed by atoms with Gasteiger partial charge in [-0.15, -0.1) is 0 Å². The Labute approximate surface area is 139 Å². The Bertz CT molecular complexity index is 1340. The molecule has 5 aromatic carbocycles. The van der Waals surface area contributed by atoms with E-state index in [0.717, 1.165) is 0 Å². The van der Waals surface area contributed by atoms with Gasteiger partial charge in [0.2, 0.25) is 0 Å². The van der Waals surface area contributed by atoms with E-state index in [4.69, 9.17) is 0 Å². The lowest BCUT2D eigenvalue weighted by atomic mass is 9.92. The highest BCUT2D eigenvalue weighted by Gasteiger charge is 2.15. The summed E-state index contributed by atoms with van der Waals surface area (Å²) >= 11 is 0. The summed E-state index contributed by atoms with van der Waals surface area (Å²) in [5.41, 5.74) is 2.71. The number of hydrogen-bond acceptors (Lipinski definition) is 0. The van der Waals surface area contributed by atoms with Crippen LogP contribution in [0.1, 0.15) is 11.1 Å². The molecule has 0 N–H and O–H groups in total. The van der Waals surface area contributed by atoms with E-state index in [2.05, 4.69) is 84.9 Å². The second-order valence-electron chi connectivity index (χ2n) is 6.65. The lowest BCUT2D eigenvalue weighted by Gasteiger charge is -2.11. The van der Waals surface area contributed by atoms with Crippen LogP contribution in [0.5, 0.6) is 0 Å². The monoisotopic (exact) mass is 302 g/mol. The minimum atomic E-state index is 1.30. The molecule has 24 heavy (non-hydrogen) atoms. The van der Waals surface area contributed by atoms with Crippen molar-refractivity contribution in [3.8, 4) is 0 Å². The maximum atomic E-state index is 2.37. The zero-order valence-electron chi connectivity index (χ0n) is 13.1. The molecular formula is C24H14. The number of hydrogen-bond donors (Lipinski definition) is 0. The number of fused-ring (bicyclic) bond motifs is 5. The van der Waals surface area contributed by atoms with Gasteiger partial charge in [-0.2, -0.15) is 0 Å². The molecular weight excluding hydrogens is 288 g/mol. The largest absolute Gasteiger partial charge is 0.0616 e. The molecule has 0 saturated carbocycles. The maximum absolute atomic E-state index is 2.37. The van der Waals surface area contributed by atoms with Crippen LogP contribution in [0.15, 0.2) is 72.8 Å². The summed E-state index contributed by atoms with van der Waals surface area (Å²) in [4.78, 5) is 0.